The number of carbonyl (C=O) groups excluding carboxylic acids is 2. The predicted octanol–water partition coefficient (Wildman–Crippen LogP) is 5.77. The third-order valence-corrected chi connectivity index (χ3v) is 6.56. The second-order valence-corrected chi connectivity index (χ2v) is 9.70. The van der Waals surface area contributed by atoms with Crippen LogP contribution >= 0.6 is 11.3 Å². The van der Waals surface area contributed by atoms with E-state index < -0.39 is 23.3 Å². The van der Waals surface area contributed by atoms with Gasteiger partial charge >= 0.3 is 6.18 Å². The number of benzene rings is 2. The minimum absolute atomic E-state index is 0.0584. The van der Waals surface area contributed by atoms with Crippen molar-refractivity contribution in [3.63, 3.8) is 0 Å². The Hall–Kier alpha value is -3.13. The molecule has 180 valence electrons. The fraction of sp³-hybridized carbons (Fsp3) is 0.308. The van der Waals surface area contributed by atoms with Crippen LogP contribution in [0.5, 0.6) is 5.75 Å². The van der Waals surface area contributed by atoms with Gasteiger partial charge in [-0.1, -0.05) is 24.3 Å². The number of alkyl halides is 3. The number of halogens is 3. The molecule has 0 amide bonds. The minimum atomic E-state index is -4.39. The van der Waals surface area contributed by atoms with E-state index in [4.69, 9.17) is 4.74 Å². The Labute approximate surface area is 200 Å². The summed E-state index contributed by atoms with van der Waals surface area (Å²) in [6.07, 6.45) is -3.64. The Morgan fingerprint density at radius 1 is 0.971 bits per heavy atom. The van der Waals surface area contributed by atoms with E-state index in [1.807, 2.05) is 26.0 Å². The molecule has 0 atom stereocenters. The lowest BCUT2D eigenvalue weighted by atomic mass is 10.00. The fourth-order valence-electron chi connectivity index (χ4n) is 3.49. The van der Waals surface area contributed by atoms with Crippen molar-refractivity contribution in [3.8, 4) is 16.2 Å². The lowest BCUT2D eigenvalue weighted by Crippen LogP contribution is -2.48. The van der Waals surface area contributed by atoms with Gasteiger partial charge in [0.15, 0.2) is 5.78 Å². The van der Waals surface area contributed by atoms with Gasteiger partial charge in [0.2, 0.25) is 0 Å². The standard InChI is InChI=1S/C26H25F3O4S/c1-15-13-17(14-16(2)23(15)33-25(3,4)24(31)32)5-10-20(30)22-12-11-21(34-22)18-6-8-19(9-7-18)26(27,28)29/h6-9,11-14H,5,10H2,1-4H3,(H,31,32)/p-1. The molecule has 1 aromatic heterocycles. The van der Waals surface area contributed by atoms with Crippen molar-refractivity contribution in [2.24, 2.45) is 0 Å². The Bertz CT molecular complexity index is 1180. The van der Waals surface area contributed by atoms with Gasteiger partial charge in [-0.3, -0.25) is 4.79 Å². The topological polar surface area (TPSA) is 66.4 Å². The van der Waals surface area contributed by atoms with Crippen molar-refractivity contribution in [1.82, 2.24) is 0 Å². The number of ketones is 1. The highest BCUT2D eigenvalue weighted by Crippen LogP contribution is 2.34. The zero-order valence-electron chi connectivity index (χ0n) is 19.2. The van der Waals surface area contributed by atoms with E-state index in [2.05, 4.69) is 0 Å². The predicted molar refractivity (Wildman–Crippen MR) is 123 cm³/mol. The third kappa shape index (κ3) is 5.86. The minimum Gasteiger partial charge on any atom is -0.546 e. The molecule has 0 aliphatic heterocycles. The summed E-state index contributed by atoms with van der Waals surface area (Å²) in [6, 6.07) is 12.0. The molecule has 0 aliphatic rings. The highest BCUT2D eigenvalue weighted by molar-refractivity contribution is 7.17. The second kappa shape index (κ2) is 9.62. The van der Waals surface area contributed by atoms with Crippen LogP contribution in [0.3, 0.4) is 0 Å². The van der Waals surface area contributed by atoms with Crippen molar-refractivity contribution in [3.05, 3.63) is 75.7 Å². The number of carboxylic acid groups (broad SMARTS) is 1. The fourth-order valence-corrected chi connectivity index (χ4v) is 4.47. The lowest BCUT2D eigenvalue weighted by Gasteiger charge is -2.29. The Kier molecular flexibility index (Phi) is 7.21. The van der Waals surface area contributed by atoms with Gasteiger partial charge in [0.1, 0.15) is 11.4 Å². The van der Waals surface area contributed by atoms with Crippen molar-refractivity contribution < 1.29 is 32.6 Å². The average Bonchev–Trinajstić information content (AvgIpc) is 3.24. The van der Waals surface area contributed by atoms with E-state index in [1.54, 1.807) is 12.1 Å². The van der Waals surface area contributed by atoms with Crippen LogP contribution < -0.4 is 9.84 Å². The number of aliphatic carboxylic acids is 1. The molecule has 0 fully saturated rings. The first-order valence-corrected chi connectivity index (χ1v) is 11.4. The molecular weight excluding hydrogens is 465 g/mol. The number of rotatable bonds is 8. The van der Waals surface area contributed by atoms with Crippen LogP contribution in [0, 0.1) is 13.8 Å². The Morgan fingerprint density at radius 3 is 2.09 bits per heavy atom. The van der Waals surface area contributed by atoms with E-state index in [0.717, 1.165) is 33.7 Å². The number of Topliss-reactive ketones (excluding diaryl/α,β-unsaturated/α-hetero) is 1. The first-order chi connectivity index (χ1) is 15.8. The molecule has 3 rings (SSSR count). The highest BCUT2D eigenvalue weighted by atomic mass is 32.1. The van der Waals surface area contributed by atoms with Gasteiger partial charge in [0.05, 0.1) is 16.4 Å². The summed E-state index contributed by atoms with van der Waals surface area (Å²) in [7, 11) is 0. The van der Waals surface area contributed by atoms with Crippen LogP contribution in [-0.2, 0) is 17.4 Å². The quantitative estimate of drug-likeness (QED) is 0.377. The molecule has 0 N–H and O–H groups in total. The van der Waals surface area contributed by atoms with E-state index in [0.29, 0.717) is 22.6 Å². The zero-order valence-corrected chi connectivity index (χ0v) is 20.0. The summed E-state index contributed by atoms with van der Waals surface area (Å²) < 4.78 is 43.9. The van der Waals surface area contributed by atoms with Gasteiger partial charge in [-0.15, -0.1) is 11.3 Å². The molecular formula is C26H24F3O4S-. The SMILES string of the molecule is Cc1cc(CCC(=O)c2ccc(-c3ccc(C(F)(F)F)cc3)s2)cc(C)c1OC(C)(C)C(=O)[O-]. The van der Waals surface area contributed by atoms with Crippen LogP contribution in [0.15, 0.2) is 48.5 Å². The summed E-state index contributed by atoms with van der Waals surface area (Å²) in [4.78, 5) is 25.2. The molecule has 0 radical (unpaired) electrons. The summed E-state index contributed by atoms with van der Waals surface area (Å²) in [5.41, 5.74) is 0.876. The van der Waals surface area contributed by atoms with Gasteiger partial charge < -0.3 is 14.6 Å². The molecule has 0 saturated heterocycles. The summed E-state index contributed by atoms with van der Waals surface area (Å²) in [5.74, 6) is -0.895. The number of thiophene rings is 1. The first-order valence-electron chi connectivity index (χ1n) is 10.6. The van der Waals surface area contributed by atoms with Gasteiger partial charge in [0.25, 0.3) is 0 Å². The summed E-state index contributed by atoms with van der Waals surface area (Å²) in [6.45, 7) is 6.48. The van der Waals surface area contributed by atoms with Crippen molar-refractivity contribution in [2.75, 3.05) is 0 Å². The molecule has 0 saturated carbocycles. The molecule has 0 spiro atoms. The highest BCUT2D eigenvalue weighted by Gasteiger charge is 2.30. The molecule has 0 bridgehead atoms. The van der Waals surface area contributed by atoms with E-state index >= 15 is 0 Å². The van der Waals surface area contributed by atoms with Crippen LogP contribution in [-0.4, -0.2) is 17.4 Å². The Morgan fingerprint density at radius 2 is 1.56 bits per heavy atom. The number of hydrogen-bond acceptors (Lipinski definition) is 5. The average molecular weight is 490 g/mol. The van der Waals surface area contributed by atoms with Crippen LogP contribution in [0.25, 0.3) is 10.4 Å². The van der Waals surface area contributed by atoms with Gasteiger partial charge in [-0.2, -0.15) is 13.2 Å². The molecule has 1 heterocycles. The second-order valence-electron chi connectivity index (χ2n) is 8.62. The molecule has 0 unspecified atom stereocenters. The van der Waals surface area contributed by atoms with Crippen LogP contribution in [0.1, 0.15) is 52.2 Å². The lowest BCUT2D eigenvalue weighted by molar-refractivity contribution is -0.320. The maximum atomic E-state index is 12.8. The maximum absolute atomic E-state index is 12.8. The maximum Gasteiger partial charge on any atom is 0.416 e. The van der Waals surface area contributed by atoms with Crippen LogP contribution in [0.2, 0.25) is 0 Å². The van der Waals surface area contributed by atoms with Gasteiger partial charge in [0, 0.05) is 11.3 Å². The zero-order chi connectivity index (χ0) is 25.3. The summed E-state index contributed by atoms with van der Waals surface area (Å²) >= 11 is 1.25. The molecule has 34 heavy (non-hydrogen) atoms. The number of ether oxygens (including phenoxy) is 1. The summed E-state index contributed by atoms with van der Waals surface area (Å²) in [5, 5.41) is 11.3. The molecule has 4 nitrogen and oxygen atoms in total. The number of hydrogen-bond donors (Lipinski definition) is 0. The van der Waals surface area contributed by atoms with E-state index in [9.17, 15) is 27.9 Å². The van der Waals surface area contributed by atoms with Crippen molar-refractivity contribution in [1.29, 1.82) is 0 Å². The normalized spacial score (nSPS) is 12.0. The molecule has 0 aliphatic carbocycles. The Balaban J connectivity index is 1.67. The monoisotopic (exact) mass is 489 g/mol. The van der Waals surface area contributed by atoms with Crippen LogP contribution in [0.4, 0.5) is 13.2 Å². The van der Waals surface area contributed by atoms with Crippen molar-refractivity contribution >= 4 is 23.1 Å². The molecule has 2 aromatic carbocycles. The van der Waals surface area contributed by atoms with Gasteiger partial charge in [-0.25, -0.2) is 0 Å². The number of carboxylic acids is 1. The molecule has 8 heteroatoms. The number of carbonyl (C=O) groups is 2. The van der Waals surface area contributed by atoms with E-state index in [-0.39, 0.29) is 12.2 Å². The third-order valence-electron chi connectivity index (χ3n) is 5.39. The van der Waals surface area contributed by atoms with Crippen molar-refractivity contribution in [2.45, 2.75) is 52.3 Å². The first kappa shape index (κ1) is 25.5. The number of aryl methyl sites for hydroxylation is 3. The van der Waals surface area contributed by atoms with E-state index in [1.165, 1.54) is 37.3 Å². The smallest absolute Gasteiger partial charge is 0.416 e. The van der Waals surface area contributed by atoms with Gasteiger partial charge in [-0.05, 0) is 80.6 Å². The molecule has 3 aromatic rings. The largest absolute Gasteiger partial charge is 0.546 e.